The second-order valence-corrected chi connectivity index (χ2v) is 7.63. The summed E-state index contributed by atoms with van der Waals surface area (Å²) >= 11 is 0. The summed E-state index contributed by atoms with van der Waals surface area (Å²) in [5.74, 6) is -11.2. The third kappa shape index (κ3) is 3.39. The van der Waals surface area contributed by atoms with Crippen LogP contribution in [0.1, 0.15) is 45.3 Å². The lowest BCUT2D eigenvalue weighted by molar-refractivity contribution is -0.0597. The maximum atomic E-state index is 14.7. The van der Waals surface area contributed by atoms with Crippen LogP contribution >= 0.6 is 0 Å². The zero-order chi connectivity index (χ0) is 23.4. The van der Waals surface area contributed by atoms with Crippen molar-refractivity contribution in [2.75, 3.05) is 13.1 Å². The molecule has 32 heavy (non-hydrogen) atoms. The van der Waals surface area contributed by atoms with Crippen LogP contribution in [0.25, 0.3) is 0 Å². The molecule has 1 fully saturated rings. The molecule has 1 aromatic carbocycles. The zero-order valence-corrected chi connectivity index (χ0v) is 16.3. The van der Waals surface area contributed by atoms with Crippen LogP contribution in [0, 0.1) is 17.5 Å². The monoisotopic (exact) mass is 457 g/mol. The van der Waals surface area contributed by atoms with Gasteiger partial charge in [-0.05, 0) is 12.5 Å². The molecule has 0 radical (unpaired) electrons. The molecule has 0 aliphatic carbocycles. The van der Waals surface area contributed by atoms with Gasteiger partial charge in [-0.2, -0.15) is 0 Å². The van der Waals surface area contributed by atoms with Gasteiger partial charge in [0.2, 0.25) is 5.43 Å². The first-order valence-electron chi connectivity index (χ1n) is 9.58. The van der Waals surface area contributed by atoms with Crippen LogP contribution in [-0.2, 0) is 6.54 Å². The highest BCUT2D eigenvalue weighted by Gasteiger charge is 2.49. The van der Waals surface area contributed by atoms with Crippen LogP contribution in [-0.4, -0.2) is 45.4 Å². The van der Waals surface area contributed by atoms with Crippen molar-refractivity contribution in [3.8, 4) is 5.75 Å². The normalized spacial score (nSPS) is 19.3. The number of nitrogens with one attached hydrogen (secondary N) is 1. The van der Waals surface area contributed by atoms with Crippen molar-refractivity contribution in [2.24, 2.45) is 0 Å². The Morgan fingerprint density at radius 3 is 2.62 bits per heavy atom. The van der Waals surface area contributed by atoms with Crippen molar-refractivity contribution < 1.29 is 36.6 Å². The molecule has 170 valence electrons. The Hall–Kier alpha value is -3.44. The molecule has 1 aromatic heterocycles. The van der Waals surface area contributed by atoms with Gasteiger partial charge in [-0.25, -0.2) is 22.0 Å². The van der Waals surface area contributed by atoms with Gasteiger partial charge in [-0.15, -0.1) is 0 Å². The topological polar surface area (TPSA) is 91.6 Å². The van der Waals surface area contributed by atoms with Crippen LogP contribution in [0.3, 0.4) is 0 Å². The van der Waals surface area contributed by atoms with E-state index in [0.717, 1.165) is 21.7 Å². The minimum Gasteiger partial charge on any atom is -0.503 e. The minimum atomic E-state index is -3.28. The molecule has 3 heterocycles. The van der Waals surface area contributed by atoms with E-state index in [1.807, 2.05) is 0 Å². The number of aromatic hydroxyl groups is 1. The Labute approximate surface area is 177 Å². The molecule has 2 aromatic rings. The van der Waals surface area contributed by atoms with Crippen molar-refractivity contribution >= 4 is 11.8 Å². The number of hydrogen-bond donors (Lipinski definition) is 2. The van der Waals surface area contributed by atoms with Gasteiger partial charge in [0.25, 0.3) is 17.7 Å². The van der Waals surface area contributed by atoms with Crippen molar-refractivity contribution in [3.63, 3.8) is 0 Å². The molecule has 2 bridgehead atoms. The molecule has 2 amide bonds. The molecule has 4 rings (SSSR count). The molecule has 0 saturated carbocycles. The van der Waals surface area contributed by atoms with E-state index < -0.39 is 82.2 Å². The third-order valence-electron chi connectivity index (χ3n) is 5.65. The van der Waals surface area contributed by atoms with Gasteiger partial charge in [-0.3, -0.25) is 14.4 Å². The molecule has 1 atom stereocenters. The number of carbonyl (C=O) groups is 2. The third-order valence-corrected chi connectivity index (χ3v) is 5.65. The number of fused-ring (bicyclic) bond motifs is 4. The fourth-order valence-corrected chi connectivity index (χ4v) is 3.94. The van der Waals surface area contributed by atoms with Gasteiger partial charge in [0.15, 0.2) is 28.9 Å². The molecular formula is C20H16F5N3O4. The number of aromatic nitrogens is 1. The highest BCUT2D eigenvalue weighted by molar-refractivity contribution is 5.99. The Bertz CT molecular complexity index is 1200. The predicted molar refractivity (Wildman–Crippen MR) is 99.0 cm³/mol. The van der Waals surface area contributed by atoms with Gasteiger partial charge in [-0.1, -0.05) is 6.07 Å². The smallest absolute Gasteiger partial charge is 0.274 e. The summed E-state index contributed by atoms with van der Waals surface area (Å²) in [6.07, 6.45) is 0.236. The van der Waals surface area contributed by atoms with E-state index in [0.29, 0.717) is 6.07 Å². The Balaban J connectivity index is 1.71. The molecule has 12 heteroatoms. The molecule has 0 spiro atoms. The SMILES string of the molecule is O=C(NCc1ccc(F)c(F)c1F)c1cn2c(c(O)c1=O)C(=O)N1CCCC(F)(F)C2C1. The zero-order valence-electron chi connectivity index (χ0n) is 16.3. The molecule has 2 aliphatic heterocycles. The average Bonchev–Trinajstić information content (AvgIpc) is 2.88. The fourth-order valence-electron chi connectivity index (χ4n) is 3.94. The second-order valence-electron chi connectivity index (χ2n) is 7.63. The van der Waals surface area contributed by atoms with Crippen LogP contribution in [0.2, 0.25) is 0 Å². The van der Waals surface area contributed by atoms with Crippen LogP contribution in [0.5, 0.6) is 5.75 Å². The van der Waals surface area contributed by atoms with E-state index in [4.69, 9.17) is 0 Å². The van der Waals surface area contributed by atoms with E-state index in [2.05, 4.69) is 5.32 Å². The Morgan fingerprint density at radius 1 is 1.19 bits per heavy atom. The van der Waals surface area contributed by atoms with Crippen molar-refractivity contribution in [1.82, 2.24) is 14.8 Å². The number of benzene rings is 1. The van der Waals surface area contributed by atoms with Crippen LogP contribution in [0.15, 0.2) is 23.1 Å². The standard InChI is InChI=1S/C20H16F5N3O4/c21-11-3-2-9(13(22)14(11)23)6-26-18(31)10-7-28-12-8-27(5-1-4-20(12,24)25)19(32)15(28)17(30)16(10)29/h2-3,7,12,30H,1,4-6,8H2,(H,26,31). The number of nitrogens with zero attached hydrogens (tertiary/aromatic N) is 2. The number of hydrogen-bond acceptors (Lipinski definition) is 4. The van der Waals surface area contributed by atoms with E-state index in [1.165, 1.54) is 0 Å². The molecule has 1 saturated heterocycles. The highest BCUT2D eigenvalue weighted by atomic mass is 19.3. The summed E-state index contributed by atoms with van der Waals surface area (Å²) in [5, 5.41) is 12.4. The molecule has 1 unspecified atom stereocenters. The second kappa shape index (κ2) is 7.61. The molecular weight excluding hydrogens is 441 g/mol. The average molecular weight is 457 g/mol. The summed E-state index contributed by atoms with van der Waals surface area (Å²) < 4.78 is 70.2. The first-order chi connectivity index (χ1) is 15.0. The summed E-state index contributed by atoms with van der Waals surface area (Å²) in [6, 6.07) is -0.0883. The Morgan fingerprint density at radius 2 is 1.91 bits per heavy atom. The fraction of sp³-hybridized carbons (Fsp3) is 0.350. The van der Waals surface area contributed by atoms with E-state index in [9.17, 15) is 41.4 Å². The lowest BCUT2D eigenvalue weighted by Gasteiger charge is -2.37. The molecule has 2 aliphatic rings. The van der Waals surface area contributed by atoms with Gasteiger partial charge >= 0.3 is 0 Å². The Kier molecular flexibility index (Phi) is 5.18. The predicted octanol–water partition coefficient (Wildman–Crippen LogP) is 2.33. The number of halogens is 5. The van der Waals surface area contributed by atoms with E-state index in [-0.39, 0.29) is 19.5 Å². The number of carbonyl (C=O) groups excluding carboxylic acids is 2. The maximum absolute atomic E-state index is 14.7. The van der Waals surface area contributed by atoms with Crippen molar-refractivity contribution in [2.45, 2.75) is 31.4 Å². The summed E-state index contributed by atoms with van der Waals surface area (Å²) in [5.41, 5.74) is -3.12. The number of rotatable bonds is 3. The van der Waals surface area contributed by atoms with Gasteiger partial charge < -0.3 is 19.9 Å². The number of alkyl halides is 2. The number of amides is 2. The number of pyridine rings is 1. The first-order valence-corrected chi connectivity index (χ1v) is 9.58. The quantitative estimate of drug-likeness (QED) is 0.547. The van der Waals surface area contributed by atoms with Gasteiger partial charge in [0, 0.05) is 37.8 Å². The van der Waals surface area contributed by atoms with E-state index in [1.54, 1.807) is 0 Å². The van der Waals surface area contributed by atoms with Crippen LogP contribution in [0.4, 0.5) is 22.0 Å². The van der Waals surface area contributed by atoms with Crippen molar-refractivity contribution in [3.05, 3.63) is 62.8 Å². The van der Waals surface area contributed by atoms with Gasteiger partial charge in [0.05, 0.1) is 0 Å². The largest absolute Gasteiger partial charge is 0.503 e. The first kappa shape index (κ1) is 21.8. The van der Waals surface area contributed by atoms with Gasteiger partial charge in [0.1, 0.15) is 11.6 Å². The molecule has 2 N–H and O–H groups in total. The lowest BCUT2D eigenvalue weighted by Crippen LogP contribution is -2.48. The maximum Gasteiger partial charge on any atom is 0.274 e. The summed E-state index contributed by atoms with van der Waals surface area (Å²) in [7, 11) is 0. The lowest BCUT2D eigenvalue weighted by atomic mass is 10.0. The molecule has 7 nitrogen and oxygen atoms in total. The minimum absolute atomic E-state index is 0.0158. The summed E-state index contributed by atoms with van der Waals surface area (Å²) in [4.78, 5) is 38.7. The van der Waals surface area contributed by atoms with Crippen molar-refractivity contribution in [1.29, 1.82) is 0 Å². The van der Waals surface area contributed by atoms with E-state index >= 15 is 0 Å². The highest BCUT2D eigenvalue weighted by Crippen LogP contribution is 2.41. The van der Waals surface area contributed by atoms with Crippen LogP contribution < -0.4 is 10.7 Å². The summed E-state index contributed by atoms with van der Waals surface area (Å²) in [6.45, 7) is -1.00.